The second-order valence-corrected chi connectivity index (χ2v) is 8.62. The minimum atomic E-state index is -0.518. The first-order valence-electron chi connectivity index (χ1n) is 12.5. The molecule has 0 radical (unpaired) electrons. The van der Waals surface area contributed by atoms with Crippen LogP contribution in [-0.4, -0.2) is 31.8 Å². The van der Waals surface area contributed by atoms with Gasteiger partial charge in [0.1, 0.15) is 17.2 Å². The summed E-state index contributed by atoms with van der Waals surface area (Å²) in [6, 6.07) is 29.6. The van der Waals surface area contributed by atoms with Crippen molar-refractivity contribution in [3.63, 3.8) is 0 Å². The van der Waals surface area contributed by atoms with Gasteiger partial charge in [-0.15, -0.1) is 0 Å². The number of carbonyl (C=O) groups is 3. The monoisotopic (exact) mass is 532 g/mol. The third kappa shape index (κ3) is 7.33. The van der Waals surface area contributed by atoms with E-state index in [-0.39, 0.29) is 11.5 Å². The van der Waals surface area contributed by atoms with E-state index in [4.69, 9.17) is 9.47 Å². The Balaban J connectivity index is 1.50. The average Bonchev–Trinajstić information content (AvgIpc) is 3.00. The number of anilines is 1. The summed E-state index contributed by atoms with van der Waals surface area (Å²) in [4.78, 5) is 38.7. The molecule has 0 spiro atoms. The van der Waals surface area contributed by atoms with Crippen molar-refractivity contribution in [3.05, 3.63) is 137 Å². The van der Waals surface area contributed by atoms with Gasteiger partial charge < -0.3 is 20.1 Å². The highest BCUT2D eigenvalue weighted by atomic mass is 16.5. The summed E-state index contributed by atoms with van der Waals surface area (Å²) in [5.74, 6) is 0.207. The first-order valence-corrected chi connectivity index (χ1v) is 12.5. The highest BCUT2D eigenvalue weighted by Gasteiger charge is 2.15. The molecule has 40 heavy (non-hydrogen) atoms. The molecule has 2 N–H and O–H groups in total. The molecule has 4 aromatic rings. The van der Waals surface area contributed by atoms with Crippen LogP contribution < -0.4 is 20.1 Å². The molecule has 0 aliphatic heterocycles. The molecule has 7 heteroatoms. The van der Waals surface area contributed by atoms with Crippen LogP contribution in [0, 0.1) is 0 Å². The predicted molar refractivity (Wildman–Crippen MR) is 156 cm³/mol. The van der Waals surface area contributed by atoms with E-state index in [0.29, 0.717) is 33.9 Å². The van der Waals surface area contributed by atoms with Gasteiger partial charge in [-0.2, -0.15) is 0 Å². The lowest BCUT2D eigenvalue weighted by molar-refractivity contribution is -0.113. The van der Waals surface area contributed by atoms with E-state index < -0.39 is 11.8 Å². The molecule has 4 rings (SSSR count). The fourth-order valence-corrected chi connectivity index (χ4v) is 3.79. The number of hydrogen-bond donors (Lipinski definition) is 2. The van der Waals surface area contributed by atoms with Gasteiger partial charge in [-0.05, 0) is 78.4 Å². The second kappa shape index (κ2) is 13.4. The molecule has 0 aromatic heterocycles. The Morgan fingerprint density at radius 3 is 2.05 bits per heavy atom. The molecule has 7 nitrogen and oxygen atoms in total. The molecule has 0 bridgehead atoms. The minimum Gasteiger partial charge on any atom is -0.497 e. The van der Waals surface area contributed by atoms with Crippen molar-refractivity contribution in [1.82, 2.24) is 5.32 Å². The molecule has 0 saturated carbocycles. The van der Waals surface area contributed by atoms with E-state index in [0.717, 1.165) is 5.56 Å². The summed E-state index contributed by atoms with van der Waals surface area (Å²) < 4.78 is 10.5. The molecule has 0 aliphatic rings. The molecular formula is C33H28N2O5. The quantitative estimate of drug-likeness (QED) is 0.193. The number of methoxy groups -OCH3 is 2. The topological polar surface area (TPSA) is 93.7 Å². The van der Waals surface area contributed by atoms with Crippen molar-refractivity contribution in [1.29, 1.82) is 0 Å². The smallest absolute Gasteiger partial charge is 0.272 e. The number of ether oxygens (including phenoxy) is 2. The molecule has 0 heterocycles. The zero-order valence-electron chi connectivity index (χ0n) is 22.1. The van der Waals surface area contributed by atoms with Crippen molar-refractivity contribution in [2.45, 2.75) is 0 Å². The summed E-state index contributed by atoms with van der Waals surface area (Å²) in [5, 5.41) is 5.50. The lowest BCUT2D eigenvalue weighted by Gasteiger charge is -2.12. The van der Waals surface area contributed by atoms with Gasteiger partial charge in [-0.1, -0.05) is 48.5 Å². The van der Waals surface area contributed by atoms with Gasteiger partial charge in [0.15, 0.2) is 5.78 Å². The summed E-state index contributed by atoms with van der Waals surface area (Å²) in [7, 11) is 3.14. The van der Waals surface area contributed by atoms with Gasteiger partial charge in [0, 0.05) is 22.4 Å². The normalized spacial score (nSPS) is 11.1. The van der Waals surface area contributed by atoms with E-state index in [2.05, 4.69) is 10.6 Å². The number of ketones is 1. The van der Waals surface area contributed by atoms with Gasteiger partial charge in [-0.25, -0.2) is 0 Å². The fraction of sp³-hybridized carbons (Fsp3) is 0.0606. The average molecular weight is 533 g/mol. The lowest BCUT2D eigenvalue weighted by atomic mass is 10.1. The number of hydrogen-bond acceptors (Lipinski definition) is 5. The predicted octanol–water partition coefficient (Wildman–Crippen LogP) is 6.01. The number of benzene rings is 4. The molecule has 0 saturated heterocycles. The highest BCUT2D eigenvalue weighted by molar-refractivity contribution is 6.11. The Hall–Kier alpha value is -5.43. The van der Waals surface area contributed by atoms with Crippen LogP contribution in [-0.2, 0) is 4.79 Å². The van der Waals surface area contributed by atoms with Crippen molar-refractivity contribution >= 4 is 35.4 Å². The third-order valence-corrected chi connectivity index (χ3v) is 5.94. The zero-order valence-corrected chi connectivity index (χ0v) is 22.1. The van der Waals surface area contributed by atoms with Crippen molar-refractivity contribution in [2.75, 3.05) is 19.5 Å². The zero-order chi connectivity index (χ0) is 28.3. The standard InChI is InChI=1S/C33H28N2O5/c1-39-28-19-12-23(13-20-28)22-29(35-32(37)26-9-4-3-5-10-26)33(38)34-27-17-14-24(15-18-27)30(36)21-16-25-8-6-7-11-31(25)40-2/h3-22H,1-2H3,(H,34,38)(H,35,37)/b21-16+,29-22-. The Morgan fingerprint density at radius 1 is 0.700 bits per heavy atom. The molecule has 2 amide bonds. The number of nitrogens with one attached hydrogen (secondary N) is 2. The van der Waals surface area contributed by atoms with Crippen LogP contribution >= 0.6 is 0 Å². The minimum absolute atomic E-state index is 0.0546. The third-order valence-electron chi connectivity index (χ3n) is 5.94. The molecule has 200 valence electrons. The summed E-state index contributed by atoms with van der Waals surface area (Å²) in [6.45, 7) is 0. The SMILES string of the molecule is COc1ccc(/C=C(\NC(=O)c2ccccc2)C(=O)Nc2ccc(C(=O)/C=C/c3ccccc3OC)cc2)cc1. The Kier molecular flexibility index (Phi) is 9.24. The Morgan fingerprint density at radius 2 is 1.38 bits per heavy atom. The molecule has 0 fully saturated rings. The second-order valence-electron chi connectivity index (χ2n) is 8.62. The number of carbonyl (C=O) groups excluding carboxylic acids is 3. The molecule has 0 unspecified atom stereocenters. The molecule has 0 atom stereocenters. The van der Waals surface area contributed by atoms with E-state index in [1.165, 1.54) is 6.08 Å². The number of para-hydroxylation sites is 1. The van der Waals surface area contributed by atoms with E-state index in [1.54, 1.807) is 105 Å². The van der Waals surface area contributed by atoms with Gasteiger partial charge >= 0.3 is 0 Å². The molecule has 0 aliphatic carbocycles. The molecular weight excluding hydrogens is 504 g/mol. The largest absolute Gasteiger partial charge is 0.497 e. The van der Waals surface area contributed by atoms with Crippen LogP contribution in [0.15, 0.2) is 115 Å². The summed E-state index contributed by atoms with van der Waals surface area (Å²) in [6.07, 6.45) is 4.75. The Bertz CT molecular complexity index is 1540. The van der Waals surface area contributed by atoms with E-state index >= 15 is 0 Å². The first kappa shape index (κ1) is 27.6. The van der Waals surface area contributed by atoms with E-state index in [1.807, 2.05) is 24.3 Å². The Labute approximate surface area is 232 Å². The van der Waals surface area contributed by atoms with Crippen LogP contribution in [0.25, 0.3) is 12.2 Å². The van der Waals surface area contributed by atoms with Gasteiger partial charge in [0.2, 0.25) is 0 Å². The maximum atomic E-state index is 13.2. The highest BCUT2D eigenvalue weighted by Crippen LogP contribution is 2.20. The maximum absolute atomic E-state index is 13.2. The van der Waals surface area contributed by atoms with Crippen LogP contribution in [0.3, 0.4) is 0 Å². The van der Waals surface area contributed by atoms with Gasteiger partial charge in [-0.3, -0.25) is 14.4 Å². The van der Waals surface area contributed by atoms with Crippen molar-refractivity contribution in [2.24, 2.45) is 0 Å². The van der Waals surface area contributed by atoms with Crippen LogP contribution in [0.4, 0.5) is 5.69 Å². The maximum Gasteiger partial charge on any atom is 0.272 e. The fourth-order valence-electron chi connectivity index (χ4n) is 3.79. The summed E-state index contributed by atoms with van der Waals surface area (Å²) >= 11 is 0. The van der Waals surface area contributed by atoms with Crippen LogP contribution in [0.2, 0.25) is 0 Å². The van der Waals surface area contributed by atoms with Crippen LogP contribution in [0.5, 0.6) is 11.5 Å². The van der Waals surface area contributed by atoms with Crippen LogP contribution in [0.1, 0.15) is 31.8 Å². The lowest BCUT2D eigenvalue weighted by Crippen LogP contribution is -2.30. The van der Waals surface area contributed by atoms with Crippen molar-refractivity contribution < 1.29 is 23.9 Å². The van der Waals surface area contributed by atoms with Crippen molar-refractivity contribution in [3.8, 4) is 11.5 Å². The number of rotatable bonds is 10. The number of allylic oxidation sites excluding steroid dienone is 1. The summed E-state index contributed by atoms with van der Waals surface area (Å²) in [5.41, 5.74) is 2.87. The van der Waals surface area contributed by atoms with E-state index in [9.17, 15) is 14.4 Å². The van der Waals surface area contributed by atoms with Gasteiger partial charge in [0.05, 0.1) is 14.2 Å². The number of amides is 2. The molecule has 4 aromatic carbocycles. The van der Waals surface area contributed by atoms with Gasteiger partial charge in [0.25, 0.3) is 11.8 Å². The first-order chi connectivity index (χ1) is 19.5.